The van der Waals surface area contributed by atoms with Crippen LogP contribution in [0, 0.1) is 0 Å². The van der Waals surface area contributed by atoms with Crippen LogP contribution in [0.25, 0.3) is 10.2 Å². The van der Waals surface area contributed by atoms with Crippen LogP contribution in [-0.4, -0.2) is 61.7 Å². The topological polar surface area (TPSA) is 79.8 Å². The Bertz CT molecular complexity index is 1350. The molecule has 2 saturated heterocycles. The first-order chi connectivity index (χ1) is 17.9. The number of thiazole rings is 1. The van der Waals surface area contributed by atoms with Crippen LogP contribution in [0.3, 0.4) is 0 Å². The summed E-state index contributed by atoms with van der Waals surface area (Å²) in [4.78, 5) is 21.7. The van der Waals surface area contributed by atoms with Crippen molar-refractivity contribution >= 4 is 54.4 Å². The summed E-state index contributed by atoms with van der Waals surface area (Å²) in [6, 6.07) is 12.5. The number of hydrogen-bond acceptors (Lipinski definition) is 7. The van der Waals surface area contributed by atoms with Crippen molar-refractivity contribution in [2.75, 3.05) is 30.9 Å². The molecular weight excluding hydrogens is 527 g/mol. The van der Waals surface area contributed by atoms with Gasteiger partial charge in [0.05, 0.1) is 27.8 Å². The van der Waals surface area contributed by atoms with Gasteiger partial charge in [0.2, 0.25) is 10.0 Å². The van der Waals surface area contributed by atoms with Crippen LogP contribution in [-0.2, 0) is 14.8 Å². The first-order valence-corrected chi connectivity index (χ1v) is 16.4. The van der Waals surface area contributed by atoms with E-state index in [0.29, 0.717) is 30.4 Å². The lowest BCUT2D eigenvalue weighted by atomic mass is 10.0. The summed E-state index contributed by atoms with van der Waals surface area (Å²) in [6.07, 6.45) is 7.49. The predicted molar refractivity (Wildman–Crippen MR) is 150 cm³/mol. The zero-order valence-electron chi connectivity index (χ0n) is 21.3. The number of piperidine rings is 1. The average Bonchev–Trinajstić information content (AvgIpc) is 3.61. The van der Waals surface area contributed by atoms with E-state index in [1.807, 2.05) is 31.4 Å². The highest BCUT2D eigenvalue weighted by atomic mass is 32.2. The maximum absolute atomic E-state index is 13.8. The summed E-state index contributed by atoms with van der Waals surface area (Å²) in [5.41, 5.74) is 1.33. The molecule has 2 aliphatic heterocycles. The van der Waals surface area contributed by atoms with Gasteiger partial charge in [-0.3, -0.25) is 9.69 Å². The second-order valence-corrected chi connectivity index (χ2v) is 13.3. The molecule has 1 aromatic heterocycles. The van der Waals surface area contributed by atoms with Crippen molar-refractivity contribution in [1.82, 2.24) is 9.29 Å². The fraction of sp³-hybridized carbons (Fsp3) is 0.481. The van der Waals surface area contributed by atoms with Gasteiger partial charge in [0, 0.05) is 29.7 Å². The summed E-state index contributed by atoms with van der Waals surface area (Å²) in [7, 11) is -3.61. The number of rotatable bonds is 8. The molecule has 2 fully saturated rings. The number of ether oxygens (including phenoxy) is 1. The second kappa shape index (κ2) is 11.4. The van der Waals surface area contributed by atoms with E-state index in [9.17, 15) is 13.2 Å². The number of aromatic nitrogens is 1. The highest BCUT2D eigenvalue weighted by Gasteiger charge is 2.33. The third-order valence-electron chi connectivity index (χ3n) is 7.23. The predicted octanol–water partition coefficient (Wildman–Crippen LogP) is 5.80. The minimum atomic E-state index is -3.61. The Hall–Kier alpha value is -1.98. The van der Waals surface area contributed by atoms with Crippen molar-refractivity contribution in [3.8, 4) is 0 Å². The zero-order valence-corrected chi connectivity index (χ0v) is 23.7. The average molecular weight is 560 g/mol. The lowest BCUT2D eigenvalue weighted by molar-refractivity contribution is 0.0917. The normalized spacial score (nSPS) is 20.9. The molecule has 3 heterocycles. The summed E-state index contributed by atoms with van der Waals surface area (Å²) in [6.45, 7) is 3.70. The lowest BCUT2D eigenvalue weighted by Crippen LogP contribution is -2.43. The van der Waals surface area contributed by atoms with Gasteiger partial charge in [0.15, 0.2) is 5.13 Å². The van der Waals surface area contributed by atoms with E-state index in [0.717, 1.165) is 53.6 Å². The molecule has 0 bridgehead atoms. The smallest absolute Gasteiger partial charge is 0.260 e. The summed E-state index contributed by atoms with van der Waals surface area (Å²) in [5.74, 6) is -0.200. The highest BCUT2D eigenvalue weighted by molar-refractivity contribution is 7.98. The van der Waals surface area contributed by atoms with Crippen LogP contribution in [0.15, 0.2) is 52.3 Å². The van der Waals surface area contributed by atoms with E-state index in [4.69, 9.17) is 9.72 Å². The number of hydrogen-bond donors (Lipinski definition) is 0. The van der Waals surface area contributed by atoms with E-state index in [1.165, 1.54) is 11.3 Å². The number of benzene rings is 2. The third kappa shape index (κ3) is 5.45. The van der Waals surface area contributed by atoms with E-state index < -0.39 is 10.0 Å². The number of anilines is 1. The Morgan fingerprint density at radius 3 is 2.68 bits per heavy atom. The number of carbonyl (C=O) groups excluding carboxylic acids is 1. The Morgan fingerprint density at radius 2 is 1.97 bits per heavy atom. The van der Waals surface area contributed by atoms with Gasteiger partial charge in [-0.15, -0.1) is 11.8 Å². The quantitative estimate of drug-likeness (QED) is 0.325. The van der Waals surface area contributed by atoms with Crippen molar-refractivity contribution in [2.24, 2.45) is 0 Å². The molecule has 1 amide bonds. The van der Waals surface area contributed by atoms with Gasteiger partial charge in [-0.25, -0.2) is 13.4 Å². The summed E-state index contributed by atoms with van der Waals surface area (Å²) >= 11 is 3.13. The van der Waals surface area contributed by atoms with Crippen LogP contribution in [0.1, 0.15) is 55.8 Å². The van der Waals surface area contributed by atoms with Crippen molar-refractivity contribution in [3.05, 3.63) is 48.0 Å². The van der Waals surface area contributed by atoms with E-state index >= 15 is 0 Å². The SMILES string of the molecule is CCC1CCCCN1S(=O)(=O)c1ccc(C(=O)N(CC2CCCO2)c2nc3c(SC)cccc3s2)cc1. The van der Waals surface area contributed by atoms with Crippen molar-refractivity contribution in [3.63, 3.8) is 0 Å². The zero-order chi connectivity index (χ0) is 26.0. The number of fused-ring (bicyclic) bond motifs is 1. The number of amides is 1. The molecular formula is C27H33N3O4S3. The van der Waals surface area contributed by atoms with Crippen LogP contribution < -0.4 is 4.90 Å². The maximum atomic E-state index is 13.8. The molecule has 0 spiro atoms. The third-order valence-corrected chi connectivity index (χ3v) is 11.0. The molecule has 7 nitrogen and oxygen atoms in total. The Labute approximate surface area is 227 Å². The molecule has 10 heteroatoms. The minimum Gasteiger partial charge on any atom is -0.376 e. The molecule has 2 unspecified atom stereocenters. The molecule has 5 rings (SSSR count). The molecule has 2 atom stereocenters. The van der Waals surface area contributed by atoms with E-state index in [2.05, 4.69) is 0 Å². The molecule has 0 radical (unpaired) electrons. The fourth-order valence-electron chi connectivity index (χ4n) is 5.19. The number of carbonyl (C=O) groups is 1. The summed E-state index contributed by atoms with van der Waals surface area (Å²) in [5, 5.41) is 0.632. The monoisotopic (exact) mass is 559 g/mol. The van der Waals surface area contributed by atoms with Gasteiger partial charge < -0.3 is 4.74 Å². The van der Waals surface area contributed by atoms with Crippen molar-refractivity contribution in [2.45, 2.75) is 67.4 Å². The molecule has 3 aromatic rings. The van der Waals surface area contributed by atoms with Gasteiger partial charge >= 0.3 is 0 Å². The van der Waals surface area contributed by atoms with Crippen LogP contribution in [0.2, 0.25) is 0 Å². The van der Waals surface area contributed by atoms with Gasteiger partial charge in [-0.05, 0) is 74.8 Å². The minimum absolute atomic E-state index is 0.0344. The molecule has 0 saturated carbocycles. The summed E-state index contributed by atoms with van der Waals surface area (Å²) < 4.78 is 35.3. The molecule has 0 N–H and O–H groups in total. The van der Waals surface area contributed by atoms with Crippen LogP contribution in [0.4, 0.5) is 5.13 Å². The van der Waals surface area contributed by atoms with E-state index in [1.54, 1.807) is 45.2 Å². The van der Waals surface area contributed by atoms with Gasteiger partial charge in [0.1, 0.15) is 0 Å². The largest absolute Gasteiger partial charge is 0.376 e. The van der Waals surface area contributed by atoms with Crippen molar-refractivity contribution < 1.29 is 17.9 Å². The maximum Gasteiger partial charge on any atom is 0.260 e. The number of sulfonamides is 1. The number of para-hydroxylation sites is 1. The Morgan fingerprint density at radius 1 is 1.16 bits per heavy atom. The molecule has 2 aliphatic rings. The Balaban J connectivity index is 1.44. The molecule has 37 heavy (non-hydrogen) atoms. The molecule has 0 aliphatic carbocycles. The number of nitrogens with zero attached hydrogens (tertiary/aromatic N) is 3. The highest BCUT2D eigenvalue weighted by Crippen LogP contribution is 2.35. The first kappa shape index (κ1) is 26.6. The standard InChI is InChI=1S/C27H33N3O4S3/c1-3-20-8-4-5-16-30(20)37(32,33)22-14-12-19(13-15-22)26(31)29(18-21-9-7-17-34-21)27-28-25-23(35-2)10-6-11-24(25)36-27/h6,10-15,20-21H,3-5,7-9,16-18H2,1-2H3. The van der Waals surface area contributed by atoms with Crippen LogP contribution in [0.5, 0.6) is 0 Å². The van der Waals surface area contributed by atoms with Crippen LogP contribution >= 0.6 is 23.1 Å². The fourth-order valence-corrected chi connectivity index (χ4v) is 8.59. The van der Waals surface area contributed by atoms with Gasteiger partial charge in [0.25, 0.3) is 5.91 Å². The Kier molecular flexibility index (Phi) is 8.21. The van der Waals surface area contributed by atoms with Gasteiger partial charge in [-0.1, -0.05) is 30.7 Å². The first-order valence-electron chi connectivity index (χ1n) is 12.9. The molecule has 198 valence electrons. The van der Waals surface area contributed by atoms with E-state index in [-0.39, 0.29) is 22.9 Å². The number of thioether (sulfide) groups is 1. The second-order valence-electron chi connectivity index (χ2n) is 9.55. The van der Waals surface area contributed by atoms with Crippen molar-refractivity contribution in [1.29, 1.82) is 0 Å². The lowest BCUT2D eigenvalue weighted by Gasteiger charge is -2.34. The van der Waals surface area contributed by atoms with Gasteiger partial charge in [-0.2, -0.15) is 4.31 Å². The molecule has 2 aromatic carbocycles.